The molecule has 0 bridgehead atoms. The summed E-state index contributed by atoms with van der Waals surface area (Å²) in [7, 11) is -5.23. The van der Waals surface area contributed by atoms with Crippen molar-refractivity contribution in [2.75, 3.05) is 0 Å². The third-order valence-electron chi connectivity index (χ3n) is 0.406. The summed E-state index contributed by atoms with van der Waals surface area (Å²) in [6.45, 7) is 0. The van der Waals surface area contributed by atoms with Crippen LogP contribution in [0.3, 0.4) is 0 Å². The molecule has 62 valence electrons. The average molecular weight is 200 g/mol. The average Bonchev–Trinajstić information content (AvgIpc) is 1.60. The number of carboxylic acid groups (broad SMARTS) is 1. The zero-order valence-electron chi connectivity index (χ0n) is 4.32. The van der Waals surface area contributed by atoms with Gasteiger partial charge in [0.15, 0.2) is 0 Å². The Balaban J connectivity index is 0. The molecule has 0 aliphatic carbocycles. The zero-order chi connectivity index (χ0) is 8.36. The van der Waals surface area contributed by atoms with Crippen molar-refractivity contribution in [3.05, 3.63) is 0 Å². The maximum atomic E-state index is 11.2. The summed E-state index contributed by atoms with van der Waals surface area (Å²) in [5, 5.41) is 7.56. The number of rotatable bonds is 2. The molecule has 0 aliphatic rings. The Bertz CT molecular complexity index is 223. The zero-order valence-corrected chi connectivity index (χ0v) is 5.14. The summed E-state index contributed by atoms with van der Waals surface area (Å²) in [5.41, 5.74) is 0. The van der Waals surface area contributed by atoms with Gasteiger partial charge in [-0.2, -0.15) is 17.2 Å². The van der Waals surface area contributed by atoms with Gasteiger partial charge in [-0.3, -0.25) is 0 Å². The van der Waals surface area contributed by atoms with E-state index in [0.29, 0.717) is 0 Å². The first kappa shape index (κ1) is 13.7. The second kappa shape index (κ2) is 4.86. The third kappa shape index (κ3) is 5.36. The molecule has 0 radical (unpaired) electrons. The fourth-order valence-corrected chi connectivity index (χ4v) is 0.407. The molecule has 0 saturated carbocycles. The van der Waals surface area contributed by atoms with Crippen LogP contribution >= 0.6 is 0 Å². The predicted molar refractivity (Wildman–Crippen MR) is 31.2 cm³/mol. The molecule has 0 unspecified atom stereocenters. The van der Waals surface area contributed by atoms with Crippen LogP contribution in [0.4, 0.5) is 13.6 Å². The van der Waals surface area contributed by atoms with E-state index in [1.807, 2.05) is 0 Å². The van der Waals surface area contributed by atoms with Crippen LogP contribution in [0.2, 0.25) is 0 Å². The summed E-state index contributed by atoms with van der Waals surface area (Å²) >= 11 is 0. The molecule has 0 spiro atoms. The Morgan fingerprint density at radius 1 is 1.45 bits per heavy atom. The van der Waals surface area contributed by atoms with Crippen LogP contribution in [0, 0.1) is 0 Å². The fourth-order valence-electron chi connectivity index (χ4n) is 0.136. The van der Waals surface area contributed by atoms with Crippen LogP contribution < -0.4 is 0 Å². The number of halogens is 2. The van der Waals surface area contributed by atoms with Crippen LogP contribution in [0.15, 0.2) is 0 Å². The number of carbonyl (C=O) groups is 1. The summed E-state index contributed by atoms with van der Waals surface area (Å²) < 4.78 is 44.8. The van der Waals surface area contributed by atoms with Gasteiger partial charge in [-0.1, -0.05) is 0 Å². The van der Waals surface area contributed by atoms with Crippen LogP contribution in [-0.2, 0) is 14.3 Å². The molecule has 0 aromatic rings. The van der Waals surface area contributed by atoms with Crippen molar-refractivity contribution >= 4 is 45.8 Å². The molecule has 0 amide bonds. The van der Waals surface area contributed by atoms with Gasteiger partial charge in [0.1, 0.15) is 0 Å². The molecular weight excluding hydrogens is 197 g/mol. The van der Waals surface area contributed by atoms with Gasteiger partial charge < -0.3 is 9.29 Å². The van der Waals surface area contributed by atoms with E-state index in [-0.39, 0.29) is 29.6 Å². The van der Waals surface area contributed by atoms with Crippen molar-refractivity contribution in [2.24, 2.45) is 0 Å². The first-order valence-electron chi connectivity index (χ1n) is 1.80. The van der Waals surface area contributed by atoms with Gasteiger partial charge >= 0.3 is 51.6 Å². The molecular formula is C2H3F2NaO5S. The predicted octanol–water partition coefficient (Wildman–Crippen LogP) is -0.415. The SMILES string of the molecule is O=C(O)OS(=O)(=O)C(F)F.[NaH]. The second-order valence-corrected chi connectivity index (χ2v) is 2.61. The van der Waals surface area contributed by atoms with Crippen LogP contribution in [0.5, 0.6) is 0 Å². The summed E-state index contributed by atoms with van der Waals surface area (Å²) in [5.74, 6) is -3.83. The molecule has 11 heavy (non-hydrogen) atoms. The summed E-state index contributed by atoms with van der Waals surface area (Å²) in [6.07, 6.45) is -2.28. The minimum absolute atomic E-state index is 0. The van der Waals surface area contributed by atoms with E-state index in [4.69, 9.17) is 5.11 Å². The van der Waals surface area contributed by atoms with Gasteiger partial charge in [0.05, 0.1) is 0 Å². The maximum absolute atomic E-state index is 11.2. The van der Waals surface area contributed by atoms with Crippen LogP contribution in [0.1, 0.15) is 0 Å². The molecule has 0 atom stereocenters. The Hall–Kier alpha value is 0.0800. The molecule has 0 aromatic carbocycles. The molecule has 0 fully saturated rings. The second-order valence-electron chi connectivity index (χ2n) is 1.10. The minimum atomic E-state index is -5.23. The first-order chi connectivity index (χ1) is 4.36. The van der Waals surface area contributed by atoms with E-state index in [1.54, 1.807) is 0 Å². The standard InChI is InChI=1S/C2H2F2O5S.Na.H/c3-1(4)10(7,8)9-2(5)6;;/h1H,(H,5,6);;. The topological polar surface area (TPSA) is 80.7 Å². The van der Waals surface area contributed by atoms with Crippen molar-refractivity contribution in [2.45, 2.75) is 5.76 Å². The molecule has 5 nitrogen and oxygen atoms in total. The number of alkyl halides is 2. The molecule has 0 rings (SSSR count). The Morgan fingerprint density at radius 3 is 1.91 bits per heavy atom. The summed E-state index contributed by atoms with van der Waals surface area (Å²) in [6, 6.07) is 0. The van der Waals surface area contributed by atoms with Gasteiger partial charge in [-0.15, -0.1) is 0 Å². The fraction of sp³-hybridized carbons (Fsp3) is 0.500. The van der Waals surface area contributed by atoms with Crippen molar-refractivity contribution in [3.8, 4) is 0 Å². The van der Waals surface area contributed by atoms with Gasteiger partial charge in [-0.25, -0.2) is 4.79 Å². The Kier molecular flexibility index (Phi) is 6.03. The van der Waals surface area contributed by atoms with Gasteiger partial charge in [0.2, 0.25) is 0 Å². The van der Waals surface area contributed by atoms with Crippen LogP contribution in [0.25, 0.3) is 0 Å². The quantitative estimate of drug-likeness (QED) is 0.483. The van der Waals surface area contributed by atoms with Gasteiger partial charge in [0.25, 0.3) is 0 Å². The van der Waals surface area contributed by atoms with Crippen molar-refractivity contribution in [3.63, 3.8) is 0 Å². The molecule has 0 aromatic heterocycles. The van der Waals surface area contributed by atoms with E-state index < -0.39 is 22.0 Å². The number of hydrogen-bond donors (Lipinski definition) is 1. The van der Waals surface area contributed by atoms with E-state index in [0.717, 1.165) is 0 Å². The Labute approximate surface area is 82.8 Å². The van der Waals surface area contributed by atoms with E-state index in [2.05, 4.69) is 4.18 Å². The normalized spacial score (nSPS) is 10.5. The molecule has 0 aliphatic heterocycles. The molecule has 0 saturated heterocycles. The van der Waals surface area contributed by atoms with Crippen molar-refractivity contribution in [1.82, 2.24) is 0 Å². The van der Waals surface area contributed by atoms with Gasteiger partial charge in [-0.05, 0) is 0 Å². The monoisotopic (exact) mass is 200 g/mol. The molecule has 0 heterocycles. The number of hydrogen-bond acceptors (Lipinski definition) is 4. The van der Waals surface area contributed by atoms with Crippen molar-refractivity contribution < 1.29 is 31.3 Å². The van der Waals surface area contributed by atoms with Crippen molar-refractivity contribution in [1.29, 1.82) is 0 Å². The molecule has 9 heteroatoms. The van der Waals surface area contributed by atoms with Gasteiger partial charge in [0, 0.05) is 0 Å². The van der Waals surface area contributed by atoms with E-state index in [1.165, 1.54) is 0 Å². The third-order valence-corrected chi connectivity index (χ3v) is 1.22. The summed E-state index contributed by atoms with van der Waals surface area (Å²) in [4.78, 5) is 9.38. The van der Waals surface area contributed by atoms with E-state index >= 15 is 0 Å². The molecule has 1 N–H and O–H groups in total. The van der Waals surface area contributed by atoms with Crippen LogP contribution in [-0.4, -0.2) is 55.0 Å². The first-order valence-corrected chi connectivity index (χ1v) is 3.28. The van der Waals surface area contributed by atoms with E-state index in [9.17, 15) is 22.0 Å². The Morgan fingerprint density at radius 2 is 1.82 bits per heavy atom.